The molecule has 1 aliphatic rings. The highest BCUT2D eigenvalue weighted by atomic mass is 16.1. The molecule has 0 radical (unpaired) electrons. The highest BCUT2D eigenvalue weighted by molar-refractivity contribution is 5.95. The van der Waals surface area contributed by atoms with E-state index in [0.29, 0.717) is 5.56 Å². The van der Waals surface area contributed by atoms with Crippen LogP contribution in [-0.4, -0.2) is 23.0 Å². The van der Waals surface area contributed by atoms with E-state index >= 15 is 0 Å². The quantitative estimate of drug-likeness (QED) is 0.835. The molecule has 4 heteroatoms. The summed E-state index contributed by atoms with van der Waals surface area (Å²) in [5.41, 5.74) is 8.39. The van der Waals surface area contributed by atoms with Crippen molar-refractivity contribution < 1.29 is 4.79 Å². The van der Waals surface area contributed by atoms with E-state index in [4.69, 9.17) is 5.73 Å². The number of nitrogens with one attached hydrogen (secondary N) is 1. The number of amides is 1. The van der Waals surface area contributed by atoms with Gasteiger partial charge in [0.05, 0.1) is 11.3 Å². The lowest BCUT2D eigenvalue weighted by molar-refractivity contribution is 0.0920. The Morgan fingerprint density at radius 2 is 2.06 bits per heavy atom. The monoisotopic (exact) mass is 247 g/mol. The summed E-state index contributed by atoms with van der Waals surface area (Å²) in [4.78, 5) is 16.5. The Morgan fingerprint density at radius 1 is 1.33 bits per heavy atom. The molecular formula is C14H21N3O. The third-order valence-corrected chi connectivity index (χ3v) is 3.61. The predicted octanol–water partition coefficient (Wildman–Crippen LogP) is 1.70. The zero-order valence-corrected chi connectivity index (χ0v) is 11.1. The van der Waals surface area contributed by atoms with Crippen molar-refractivity contribution in [3.63, 3.8) is 0 Å². The van der Waals surface area contributed by atoms with Crippen molar-refractivity contribution in [2.24, 2.45) is 5.73 Å². The van der Waals surface area contributed by atoms with Crippen LogP contribution in [0.15, 0.2) is 12.1 Å². The highest BCUT2D eigenvalue weighted by Gasteiger charge is 2.24. The van der Waals surface area contributed by atoms with Crippen molar-refractivity contribution in [2.75, 3.05) is 0 Å². The van der Waals surface area contributed by atoms with Gasteiger partial charge in [-0.25, -0.2) is 0 Å². The topological polar surface area (TPSA) is 68.0 Å². The summed E-state index contributed by atoms with van der Waals surface area (Å²) in [5.74, 6) is -0.0534. The van der Waals surface area contributed by atoms with Gasteiger partial charge in [0.15, 0.2) is 0 Å². The number of nitrogens with two attached hydrogens (primary N) is 1. The molecule has 1 aromatic rings. The second-order valence-corrected chi connectivity index (χ2v) is 5.11. The molecule has 0 aliphatic heterocycles. The lowest BCUT2D eigenvalue weighted by atomic mass is 9.91. The molecule has 0 spiro atoms. The van der Waals surface area contributed by atoms with Gasteiger partial charge in [-0.2, -0.15) is 0 Å². The van der Waals surface area contributed by atoms with Gasteiger partial charge in [-0.05, 0) is 38.8 Å². The van der Waals surface area contributed by atoms with E-state index in [9.17, 15) is 4.79 Å². The van der Waals surface area contributed by atoms with Gasteiger partial charge in [0.2, 0.25) is 0 Å². The fraction of sp³-hybridized carbons (Fsp3) is 0.571. The summed E-state index contributed by atoms with van der Waals surface area (Å²) < 4.78 is 0. The van der Waals surface area contributed by atoms with E-state index in [-0.39, 0.29) is 18.0 Å². The molecule has 0 saturated heterocycles. The van der Waals surface area contributed by atoms with Gasteiger partial charge in [0.25, 0.3) is 5.91 Å². The third-order valence-electron chi connectivity index (χ3n) is 3.61. The number of aryl methyl sites for hydroxylation is 2. The number of carbonyl (C=O) groups is 1. The average molecular weight is 247 g/mol. The van der Waals surface area contributed by atoms with Crippen LogP contribution in [0.3, 0.4) is 0 Å². The van der Waals surface area contributed by atoms with Gasteiger partial charge in [0.1, 0.15) is 0 Å². The van der Waals surface area contributed by atoms with Crippen LogP contribution in [0.25, 0.3) is 0 Å². The molecule has 0 aromatic carbocycles. The number of hydrogen-bond acceptors (Lipinski definition) is 3. The van der Waals surface area contributed by atoms with E-state index in [1.54, 1.807) is 0 Å². The van der Waals surface area contributed by atoms with Crippen LogP contribution in [0.1, 0.15) is 47.4 Å². The van der Waals surface area contributed by atoms with Gasteiger partial charge in [-0.15, -0.1) is 0 Å². The first-order chi connectivity index (χ1) is 8.58. The van der Waals surface area contributed by atoms with E-state index in [2.05, 4.69) is 10.3 Å². The summed E-state index contributed by atoms with van der Waals surface area (Å²) in [6, 6.07) is 3.89. The second-order valence-electron chi connectivity index (χ2n) is 5.11. The van der Waals surface area contributed by atoms with Crippen LogP contribution in [0.2, 0.25) is 0 Å². The number of rotatable bonds is 2. The van der Waals surface area contributed by atoms with E-state index in [1.807, 2.05) is 26.0 Å². The number of hydrogen-bond donors (Lipinski definition) is 2. The molecule has 18 heavy (non-hydrogen) atoms. The van der Waals surface area contributed by atoms with Crippen LogP contribution < -0.4 is 11.1 Å². The Balaban J connectivity index is 2.07. The first kappa shape index (κ1) is 13.0. The lowest BCUT2D eigenvalue weighted by Crippen LogP contribution is -2.49. The fourth-order valence-electron chi connectivity index (χ4n) is 2.51. The zero-order chi connectivity index (χ0) is 13.1. The minimum absolute atomic E-state index is 0.0534. The third kappa shape index (κ3) is 2.88. The average Bonchev–Trinajstić information content (AvgIpc) is 2.32. The molecular weight excluding hydrogens is 226 g/mol. The maximum atomic E-state index is 12.2. The van der Waals surface area contributed by atoms with Gasteiger partial charge in [-0.3, -0.25) is 9.78 Å². The molecule has 3 N–H and O–H groups in total. The normalized spacial score (nSPS) is 23.7. The molecule has 98 valence electrons. The summed E-state index contributed by atoms with van der Waals surface area (Å²) in [5, 5.41) is 3.04. The molecule has 0 bridgehead atoms. The van der Waals surface area contributed by atoms with Crippen molar-refractivity contribution in [2.45, 2.75) is 51.6 Å². The Labute approximate surface area is 108 Å². The summed E-state index contributed by atoms with van der Waals surface area (Å²) >= 11 is 0. The zero-order valence-electron chi connectivity index (χ0n) is 11.1. The van der Waals surface area contributed by atoms with Crippen LogP contribution in [0.4, 0.5) is 0 Å². The SMILES string of the molecule is Cc1ccc(C(=O)N[C@@H]2CCCC[C@H]2N)c(C)n1. The van der Waals surface area contributed by atoms with Crippen molar-refractivity contribution in [3.05, 3.63) is 29.1 Å². The van der Waals surface area contributed by atoms with Gasteiger partial charge >= 0.3 is 0 Å². The molecule has 4 nitrogen and oxygen atoms in total. The van der Waals surface area contributed by atoms with E-state index in [1.165, 1.54) is 6.42 Å². The van der Waals surface area contributed by atoms with Crippen LogP contribution >= 0.6 is 0 Å². The van der Waals surface area contributed by atoms with Crippen LogP contribution in [-0.2, 0) is 0 Å². The minimum atomic E-state index is -0.0534. The second kappa shape index (κ2) is 5.48. The first-order valence-corrected chi connectivity index (χ1v) is 6.58. The van der Waals surface area contributed by atoms with E-state index in [0.717, 1.165) is 30.7 Å². The highest BCUT2D eigenvalue weighted by Crippen LogP contribution is 2.17. The lowest BCUT2D eigenvalue weighted by Gasteiger charge is -2.29. The minimum Gasteiger partial charge on any atom is -0.348 e. The number of carbonyl (C=O) groups excluding carboxylic acids is 1. The number of nitrogens with zero attached hydrogens (tertiary/aromatic N) is 1. The molecule has 2 atom stereocenters. The molecule has 1 saturated carbocycles. The molecule has 1 aliphatic carbocycles. The fourth-order valence-corrected chi connectivity index (χ4v) is 2.51. The van der Waals surface area contributed by atoms with Crippen molar-refractivity contribution in [1.82, 2.24) is 10.3 Å². The Morgan fingerprint density at radius 3 is 2.72 bits per heavy atom. The predicted molar refractivity (Wildman–Crippen MR) is 71.4 cm³/mol. The number of pyridine rings is 1. The molecule has 1 amide bonds. The molecule has 2 rings (SSSR count). The number of aromatic nitrogens is 1. The van der Waals surface area contributed by atoms with Crippen LogP contribution in [0, 0.1) is 13.8 Å². The van der Waals surface area contributed by atoms with Gasteiger partial charge in [-0.1, -0.05) is 12.8 Å². The van der Waals surface area contributed by atoms with Crippen molar-refractivity contribution >= 4 is 5.91 Å². The summed E-state index contributed by atoms with van der Waals surface area (Å²) in [6.45, 7) is 3.79. The molecule has 1 heterocycles. The van der Waals surface area contributed by atoms with Crippen molar-refractivity contribution in [1.29, 1.82) is 0 Å². The maximum Gasteiger partial charge on any atom is 0.253 e. The first-order valence-electron chi connectivity index (χ1n) is 6.58. The Kier molecular flexibility index (Phi) is 3.97. The Bertz CT molecular complexity index is 445. The molecule has 1 fully saturated rings. The Hall–Kier alpha value is -1.42. The van der Waals surface area contributed by atoms with E-state index < -0.39 is 0 Å². The van der Waals surface area contributed by atoms with Crippen LogP contribution in [0.5, 0.6) is 0 Å². The van der Waals surface area contributed by atoms with Gasteiger partial charge in [0, 0.05) is 17.8 Å². The molecule has 1 aromatic heterocycles. The van der Waals surface area contributed by atoms with Gasteiger partial charge < -0.3 is 11.1 Å². The largest absolute Gasteiger partial charge is 0.348 e. The summed E-state index contributed by atoms with van der Waals surface area (Å²) in [6.07, 6.45) is 4.28. The standard InChI is InChI=1S/C14H21N3O/c1-9-7-8-11(10(2)16-9)14(18)17-13-6-4-3-5-12(13)15/h7-8,12-13H,3-6,15H2,1-2H3,(H,17,18)/t12-,13-/m1/s1. The molecule has 0 unspecified atom stereocenters. The maximum absolute atomic E-state index is 12.2. The van der Waals surface area contributed by atoms with Crippen molar-refractivity contribution in [3.8, 4) is 0 Å². The summed E-state index contributed by atoms with van der Waals surface area (Å²) in [7, 11) is 0. The smallest absolute Gasteiger partial charge is 0.253 e.